The highest BCUT2D eigenvalue weighted by Crippen LogP contribution is 2.48. The van der Waals surface area contributed by atoms with Crippen LogP contribution in [0.15, 0.2) is 24.5 Å². The number of urea groups is 1. The second-order valence-corrected chi connectivity index (χ2v) is 9.75. The fraction of sp³-hybridized carbons (Fsp3) is 0.652. The van der Waals surface area contributed by atoms with Crippen molar-refractivity contribution in [1.82, 2.24) is 15.2 Å². The number of likely N-dealkylation sites (tertiary alicyclic amines) is 1. The number of hydrogen-bond acceptors (Lipinski definition) is 4. The Morgan fingerprint density at radius 3 is 2.38 bits per heavy atom. The van der Waals surface area contributed by atoms with Crippen LogP contribution in [0.5, 0.6) is 0 Å². The number of nitrogens with two attached hydrogens (primary N) is 1. The summed E-state index contributed by atoms with van der Waals surface area (Å²) in [6, 6.07) is 3.25. The Hall–Kier alpha value is -2.60. The van der Waals surface area contributed by atoms with Crippen molar-refractivity contribution in [3.05, 3.63) is 30.1 Å². The van der Waals surface area contributed by atoms with Gasteiger partial charge in [-0.05, 0) is 48.8 Å². The summed E-state index contributed by atoms with van der Waals surface area (Å²) < 4.78 is 29.8. The van der Waals surface area contributed by atoms with Gasteiger partial charge in [0, 0.05) is 51.2 Å². The quantitative estimate of drug-likeness (QED) is 0.670. The van der Waals surface area contributed by atoms with Crippen LogP contribution in [0.1, 0.15) is 56.9 Å². The van der Waals surface area contributed by atoms with Gasteiger partial charge in [-0.3, -0.25) is 10.3 Å². The average molecular weight is 447 g/mol. The number of carbonyl (C=O) groups excluding carboxylic acids is 2. The number of hydrogen-bond donors (Lipinski definition) is 2. The maximum atomic E-state index is 14.9. The number of halogens is 2. The van der Waals surface area contributed by atoms with E-state index in [1.165, 1.54) is 49.1 Å². The van der Waals surface area contributed by atoms with Crippen LogP contribution in [0.4, 0.5) is 13.6 Å². The molecule has 3 amide bonds. The van der Waals surface area contributed by atoms with Crippen LogP contribution in [0.25, 0.3) is 0 Å². The fourth-order valence-corrected chi connectivity index (χ4v) is 4.79. The highest BCUT2D eigenvalue weighted by Gasteiger charge is 2.52. The molecule has 0 radical (unpaired) electrons. The van der Waals surface area contributed by atoms with Crippen molar-refractivity contribution < 1.29 is 23.7 Å². The van der Waals surface area contributed by atoms with Crippen molar-refractivity contribution in [3.63, 3.8) is 0 Å². The van der Waals surface area contributed by atoms with E-state index in [0.717, 1.165) is 12.8 Å². The summed E-state index contributed by atoms with van der Waals surface area (Å²) in [5.74, 6) is -3.82. The van der Waals surface area contributed by atoms with Gasteiger partial charge in [0.2, 0.25) is 0 Å². The highest BCUT2D eigenvalue weighted by atomic mass is 19.3. The number of primary amides is 1. The van der Waals surface area contributed by atoms with Crippen LogP contribution >= 0.6 is 0 Å². The van der Waals surface area contributed by atoms with Crippen LogP contribution in [-0.2, 0) is 11.2 Å². The van der Waals surface area contributed by atoms with Gasteiger partial charge >= 0.3 is 11.9 Å². The first kappa shape index (κ1) is 22.6. The zero-order valence-electron chi connectivity index (χ0n) is 18.2. The predicted molar refractivity (Wildman–Crippen MR) is 111 cm³/mol. The largest absolute Gasteiger partial charge is 0.334 e. The van der Waals surface area contributed by atoms with Crippen LogP contribution in [0.2, 0.25) is 0 Å². The van der Waals surface area contributed by atoms with Crippen molar-refractivity contribution in [2.75, 3.05) is 13.1 Å². The molecule has 1 saturated heterocycles. The number of rotatable bonds is 7. The fourth-order valence-electron chi connectivity index (χ4n) is 4.79. The Labute approximate surface area is 186 Å². The molecule has 172 valence electrons. The van der Waals surface area contributed by atoms with E-state index < -0.39 is 42.3 Å². The van der Waals surface area contributed by atoms with E-state index in [1.54, 1.807) is 4.90 Å². The Kier molecular flexibility index (Phi) is 6.17. The van der Waals surface area contributed by atoms with Gasteiger partial charge in [0.05, 0.1) is 0 Å². The average Bonchev–Trinajstić information content (AvgIpc) is 3.52. The maximum absolute atomic E-state index is 14.9. The summed E-state index contributed by atoms with van der Waals surface area (Å²) in [5.41, 5.74) is -0.117. The number of pyridine rings is 1. The van der Waals surface area contributed by atoms with E-state index in [2.05, 4.69) is 16.4 Å². The first-order chi connectivity index (χ1) is 15.2. The van der Waals surface area contributed by atoms with Gasteiger partial charge in [0.25, 0.3) is 5.92 Å². The third kappa shape index (κ3) is 5.23. The SMILES string of the molecule is N#CC1([NH2+]C(=O)C(CC(F)(F)Cc2ccncc2)NC(=O)N2CCC3(CCC3)CC2)CC1. The van der Waals surface area contributed by atoms with Crippen molar-refractivity contribution >= 4 is 11.9 Å². The van der Waals surface area contributed by atoms with E-state index in [9.17, 15) is 23.6 Å². The molecule has 1 atom stereocenters. The number of piperidine rings is 1. The van der Waals surface area contributed by atoms with Crippen molar-refractivity contribution in [2.45, 2.75) is 75.3 Å². The molecule has 0 bridgehead atoms. The Morgan fingerprint density at radius 2 is 1.84 bits per heavy atom. The van der Waals surface area contributed by atoms with E-state index in [1.807, 2.05) is 0 Å². The summed E-state index contributed by atoms with van der Waals surface area (Å²) in [6.07, 6.45) is 8.05. The molecule has 1 unspecified atom stereocenters. The summed E-state index contributed by atoms with van der Waals surface area (Å²) in [7, 11) is 0. The van der Waals surface area contributed by atoms with Gasteiger partial charge in [0.1, 0.15) is 6.07 Å². The third-order valence-corrected chi connectivity index (χ3v) is 7.31. The Bertz CT molecular complexity index is 883. The van der Waals surface area contributed by atoms with Crippen molar-refractivity contribution in [1.29, 1.82) is 5.26 Å². The highest BCUT2D eigenvalue weighted by molar-refractivity contribution is 5.82. The zero-order chi connectivity index (χ0) is 22.8. The summed E-state index contributed by atoms with van der Waals surface area (Å²) >= 11 is 0. The van der Waals surface area contributed by atoms with Crippen LogP contribution < -0.4 is 10.6 Å². The van der Waals surface area contributed by atoms with Gasteiger partial charge in [-0.25, -0.2) is 18.4 Å². The number of nitriles is 1. The molecule has 2 saturated carbocycles. The molecule has 7 nitrogen and oxygen atoms in total. The Balaban J connectivity index is 1.41. The van der Waals surface area contributed by atoms with E-state index in [-0.39, 0.29) is 0 Å². The normalized spacial score (nSPS) is 21.8. The van der Waals surface area contributed by atoms with Gasteiger partial charge < -0.3 is 10.2 Å². The number of nitrogens with one attached hydrogen (secondary N) is 1. The molecule has 1 aliphatic heterocycles. The Morgan fingerprint density at radius 1 is 1.19 bits per heavy atom. The second kappa shape index (κ2) is 8.74. The molecule has 3 N–H and O–H groups in total. The lowest BCUT2D eigenvalue weighted by molar-refractivity contribution is -0.607. The van der Waals surface area contributed by atoms with Crippen LogP contribution in [0, 0.1) is 16.7 Å². The molecular weight excluding hydrogens is 416 g/mol. The standard InChI is InChI=1S/C23H29F2N5O2/c24-23(25,14-17-2-10-27-11-3-17)15-18(19(31)29-22(16-26)6-7-22)28-20(32)30-12-8-21(9-13-30)4-1-5-21/h2-3,10-11,18H,1,4-9,12-15H2,(H,28,32)(H,29,31)/p+1. The molecule has 2 heterocycles. The monoisotopic (exact) mass is 446 g/mol. The number of amides is 3. The molecule has 1 aromatic heterocycles. The van der Waals surface area contributed by atoms with Gasteiger partial charge in [-0.2, -0.15) is 5.26 Å². The van der Waals surface area contributed by atoms with Gasteiger partial charge in [-0.15, -0.1) is 0 Å². The first-order valence-corrected chi connectivity index (χ1v) is 11.4. The lowest BCUT2D eigenvalue weighted by Crippen LogP contribution is -2.97. The molecule has 3 fully saturated rings. The van der Waals surface area contributed by atoms with Crippen LogP contribution in [-0.4, -0.2) is 52.4 Å². The van der Waals surface area contributed by atoms with Gasteiger partial charge in [0.15, 0.2) is 11.6 Å². The minimum atomic E-state index is -3.20. The van der Waals surface area contributed by atoms with Crippen LogP contribution in [0.3, 0.4) is 0 Å². The molecule has 0 aromatic carbocycles. The number of alkyl halides is 2. The topological polar surface area (TPSA) is 103 Å². The van der Waals surface area contributed by atoms with Crippen molar-refractivity contribution in [3.8, 4) is 6.07 Å². The molecule has 32 heavy (non-hydrogen) atoms. The van der Waals surface area contributed by atoms with Crippen molar-refractivity contribution in [2.24, 2.45) is 5.41 Å². The molecule has 4 rings (SSSR count). The molecule has 9 heteroatoms. The van der Waals surface area contributed by atoms with Gasteiger partial charge in [-0.1, -0.05) is 6.42 Å². The zero-order valence-corrected chi connectivity index (χ0v) is 18.2. The third-order valence-electron chi connectivity index (χ3n) is 7.31. The number of carbonyl (C=O) groups is 2. The predicted octanol–water partition coefficient (Wildman–Crippen LogP) is 2.14. The molecule has 3 aliphatic rings. The summed E-state index contributed by atoms with van der Waals surface area (Å²) in [4.78, 5) is 31.2. The molecule has 2 aliphatic carbocycles. The number of quaternary nitrogens is 1. The second-order valence-electron chi connectivity index (χ2n) is 9.75. The molecular formula is C23H30F2N5O2+. The molecule has 1 aromatic rings. The minimum Gasteiger partial charge on any atom is -0.325 e. The summed E-state index contributed by atoms with van der Waals surface area (Å²) in [5, 5.41) is 13.1. The van der Waals surface area contributed by atoms with E-state index in [4.69, 9.17) is 0 Å². The lowest BCUT2D eigenvalue weighted by Gasteiger charge is -2.48. The summed E-state index contributed by atoms with van der Waals surface area (Å²) in [6.45, 7) is 1.15. The van der Waals surface area contributed by atoms with E-state index in [0.29, 0.717) is 36.9 Å². The maximum Gasteiger partial charge on any atom is 0.334 e. The smallest absolute Gasteiger partial charge is 0.325 e. The lowest BCUT2D eigenvalue weighted by atomic mass is 9.63. The first-order valence-electron chi connectivity index (χ1n) is 11.4. The minimum absolute atomic E-state index is 0.350. The number of aromatic nitrogens is 1. The number of nitrogens with zero attached hydrogens (tertiary/aromatic N) is 3. The molecule has 1 spiro atoms. The van der Waals surface area contributed by atoms with E-state index >= 15 is 0 Å².